The van der Waals surface area contributed by atoms with Gasteiger partial charge in [-0.05, 0) is 6.92 Å². The molecule has 0 aliphatic heterocycles. The van der Waals surface area contributed by atoms with Crippen LogP contribution >= 0.6 is 0 Å². The van der Waals surface area contributed by atoms with E-state index in [2.05, 4.69) is 15.6 Å². The van der Waals surface area contributed by atoms with E-state index in [0.717, 1.165) is 0 Å². The lowest BCUT2D eigenvalue weighted by molar-refractivity contribution is -0.120. The molecule has 0 saturated carbocycles. The largest absolute Gasteiger partial charge is 0.365 e. The van der Waals surface area contributed by atoms with Gasteiger partial charge in [-0.2, -0.15) is 0 Å². The summed E-state index contributed by atoms with van der Waals surface area (Å²) >= 11 is 0. The predicted octanol–water partition coefficient (Wildman–Crippen LogP) is -0.282. The number of nitrogens with one attached hydrogen (secondary N) is 2. The van der Waals surface area contributed by atoms with Gasteiger partial charge in [-0.1, -0.05) is 0 Å². The molecular formula is C10H16N4O2. The number of carbonyl (C=O) groups is 1. The van der Waals surface area contributed by atoms with Crippen molar-refractivity contribution in [3.63, 3.8) is 0 Å². The minimum atomic E-state index is -0.196. The van der Waals surface area contributed by atoms with Crippen molar-refractivity contribution in [2.24, 2.45) is 7.05 Å². The van der Waals surface area contributed by atoms with Gasteiger partial charge in [-0.15, -0.1) is 0 Å². The highest BCUT2D eigenvalue weighted by Crippen LogP contribution is 1.92. The van der Waals surface area contributed by atoms with E-state index >= 15 is 0 Å². The highest BCUT2D eigenvalue weighted by atomic mass is 16.1. The Morgan fingerprint density at radius 2 is 2.31 bits per heavy atom. The molecule has 0 saturated heterocycles. The number of aromatic nitrogens is 2. The van der Waals surface area contributed by atoms with Crippen molar-refractivity contribution in [1.29, 1.82) is 0 Å². The molecule has 2 N–H and O–H groups in total. The number of aryl methyl sites for hydroxylation is 1. The van der Waals surface area contributed by atoms with Gasteiger partial charge in [0.05, 0.1) is 0 Å². The Morgan fingerprint density at radius 3 is 3.00 bits per heavy atom. The molecule has 1 rings (SSSR count). The van der Waals surface area contributed by atoms with Gasteiger partial charge < -0.3 is 15.2 Å². The van der Waals surface area contributed by atoms with Crippen molar-refractivity contribution >= 4 is 11.7 Å². The molecule has 1 aromatic heterocycles. The van der Waals surface area contributed by atoms with E-state index in [-0.39, 0.29) is 17.3 Å². The molecule has 1 aromatic rings. The normalized spacial score (nSPS) is 9.88. The molecule has 0 spiro atoms. The van der Waals surface area contributed by atoms with Crippen LogP contribution in [0.25, 0.3) is 0 Å². The molecule has 1 amide bonds. The second-order valence-electron chi connectivity index (χ2n) is 3.32. The number of anilines is 1. The van der Waals surface area contributed by atoms with Gasteiger partial charge in [-0.25, -0.2) is 4.98 Å². The van der Waals surface area contributed by atoms with Gasteiger partial charge in [-0.3, -0.25) is 9.59 Å². The van der Waals surface area contributed by atoms with Gasteiger partial charge in [0.2, 0.25) is 5.91 Å². The van der Waals surface area contributed by atoms with Crippen LogP contribution in [0, 0.1) is 0 Å². The summed E-state index contributed by atoms with van der Waals surface area (Å²) in [5, 5.41) is 5.51. The van der Waals surface area contributed by atoms with E-state index < -0.39 is 0 Å². The van der Waals surface area contributed by atoms with Crippen LogP contribution in [0.5, 0.6) is 0 Å². The van der Waals surface area contributed by atoms with E-state index in [4.69, 9.17) is 0 Å². The van der Waals surface area contributed by atoms with E-state index in [1.807, 2.05) is 6.92 Å². The molecule has 0 aromatic carbocycles. The standard InChI is InChI=1S/C10H16N4O2/c1-3-11-8(15)4-5-12-9-10(16)14(2)7-6-13-9/h6-7H,3-5H2,1-2H3,(H,11,15)(H,12,13). The molecule has 0 unspecified atom stereocenters. The maximum Gasteiger partial charge on any atom is 0.293 e. The predicted molar refractivity (Wildman–Crippen MR) is 61.3 cm³/mol. The SMILES string of the molecule is CCNC(=O)CCNc1nccn(C)c1=O. The first kappa shape index (κ1) is 12.2. The Balaban J connectivity index is 2.46. The molecule has 0 aliphatic carbocycles. The average Bonchev–Trinajstić information content (AvgIpc) is 2.25. The number of hydrogen-bond acceptors (Lipinski definition) is 4. The second-order valence-corrected chi connectivity index (χ2v) is 3.32. The minimum absolute atomic E-state index is 0.0391. The molecule has 0 atom stereocenters. The summed E-state index contributed by atoms with van der Waals surface area (Å²) < 4.78 is 1.43. The van der Waals surface area contributed by atoms with E-state index in [0.29, 0.717) is 19.5 Å². The van der Waals surface area contributed by atoms with Crippen molar-refractivity contribution < 1.29 is 4.79 Å². The van der Waals surface area contributed by atoms with Crippen molar-refractivity contribution in [3.05, 3.63) is 22.7 Å². The number of amides is 1. The smallest absolute Gasteiger partial charge is 0.293 e. The van der Waals surface area contributed by atoms with Gasteiger partial charge >= 0.3 is 0 Å². The lowest BCUT2D eigenvalue weighted by atomic mass is 10.4. The van der Waals surface area contributed by atoms with Gasteiger partial charge in [0.15, 0.2) is 5.82 Å². The molecule has 0 aliphatic rings. The van der Waals surface area contributed by atoms with Crippen LogP contribution in [0.1, 0.15) is 13.3 Å². The third-order valence-electron chi connectivity index (χ3n) is 2.04. The molecular weight excluding hydrogens is 208 g/mol. The molecule has 0 radical (unpaired) electrons. The maximum atomic E-state index is 11.5. The van der Waals surface area contributed by atoms with Crippen LogP contribution in [-0.2, 0) is 11.8 Å². The highest BCUT2D eigenvalue weighted by Gasteiger charge is 2.03. The number of carbonyl (C=O) groups excluding carboxylic acids is 1. The van der Waals surface area contributed by atoms with E-state index in [1.165, 1.54) is 10.8 Å². The Morgan fingerprint density at radius 1 is 1.56 bits per heavy atom. The zero-order valence-electron chi connectivity index (χ0n) is 9.49. The fourth-order valence-corrected chi connectivity index (χ4v) is 1.20. The van der Waals surface area contributed by atoms with Crippen molar-refractivity contribution in [2.45, 2.75) is 13.3 Å². The van der Waals surface area contributed by atoms with Crippen LogP contribution in [0.3, 0.4) is 0 Å². The van der Waals surface area contributed by atoms with Gasteiger partial charge in [0.25, 0.3) is 5.56 Å². The molecule has 0 fully saturated rings. The summed E-state index contributed by atoms with van der Waals surface area (Å²) in [6.45, 7) is 2.88. The van der Waals surface area contributed by atoms with E-state index in [9.17, 15) is 9.59 Å². The van der Waals surface area contributed by atoms with Gasteiger partial charge in [0, 0.05) is 39.0 Å². The summed E-state index contributed by atoms with van der Waals surface area (Å²) in [6, 6.07) is 0. The van der Waals surface area contributed by atoms with Crippen LogP contribution in [0.15, 0.2) is 17.2 Å². The molecule has 16 heavy (non-hydrogen) atoms. The quantitative estimate of drug-likeness (QED) is 0.721. The zero-order chi connectivity index (χ0) is 12.0. The maximum absolute atomic E-state index is 11.5. The first-order valence-electron chi connectivity index (χ1n) is 5.17. The number of rotatable bonds is 5. The monoisotopic (exact) mass is 224 g/mol. The number of nitrogens with zero attached hydrogens (tertiary/aromatic N) is 2. The molecule has 6 heteroatoms. The van der Waals surface area contributed by atoms with Gasteiger partial charge in [0.1, 0.15) is 0 Å². The Kier molecular flexibility index (Phi) is 4.50. The second kappa shape index (κ2) is 5.89. The highest BCUT2D eigenvalue weighted by molar-refractivity contribution is 5.76. The summed E-state index contributed by atoms with van der Waals surface area (Å²) in [5.41, 5.74) is -0.196. The minimum Gasteiger partial charge on any atom is -0.365 e. The van der Waals surface area contributed by atoms with Crippen LogP contribution < -0.4 is 16.2 Å². The van der Waals surface area contributed by atoms with Crippen molar-refractivity contribution in [2.75, 3.05) is 18.4 Å². The third-order valence-corrected chi connectivity index (χ3v) is 2.04. The van der Waals surface area contributed by atoms with Crippen molar-refractivity contribution in [3.8, 4) is 0 Å². The first-order valence-corrected chi connectivity index (χ1v) is 5.17. The van der Waals surface area contributed by atoms with Crippen molar-refractivity contribution in [1.82, 2.24) is 14.9 Å². The molecule has 6 nitrogen and oxygen atoms in total. The molecule has 1 heterocycles. The third kappa shape index (κ3) is 3.38. The summed E-state index contributed by atoms with van der Waals surface area (Å²) in [6.07, 6.45) is 3.45. The summed E-state index contributed by atoms with van der Waals surface area (Å²) in [7, 11) is 1.65. The molecule has 0 bridgehead atoms. The topological polar surface area (TPSA) is 76.0 Å². The van der Waals surface area contributed by atoms with Crippen LogP contribution in [0.4, 0.5) is 5.82 Å². The van der Waals surface area contributed by atoms with Crippen LogP contribution in [0.2, 0.25) is 0 Å². The Bertz CT molecular complexity index is 414. The lowest BCUT2D eigenvalue weighted by Crippen LogP contribution is -2.27. The fraction of sp³-hybridized carbons (Fsp3) is 0.500. The fourth-order valence-electron chi connectivity index (χ4n) is 1.20. The average molecular weight is 224 g/mol. The molecule has 88 valence electrons. The Hall–Kier alpha value is -1.85. The van der Waals surface area contributed by atoms with Crippen LogP contribution in [-0.4, -0.2) is 28.5 Å². The number of hydrogen-bond donors (Lipinski definition) is 2. The Labute approximate surface area is 93.7 Å². The summed E-state index contributed by atoms with van der Waals surface area (Å²) in [4.78, 5) is 26.5. The first-order chi connectivity index (χ1) is 7.65. The zero-order valence-corrected chi connectivity index (χ0v) is 9.49. The van der Waals surface area contributed by atoms with E-state index in [1.54, 1.807) is 13.2 Å². The lowest BCUT2D eigenvalue weighted by Gasteiger charge is -2.05. The summed E-state index contributed by atoms with van der Waals surface area (Å²) in [5.74, 6) is 0.233.